The standard InChI is InChI=1S/C18H24N4O3S/c1-3-25-17(23)14-8-10-21(11-9-14)12-22-18(26)19-16(20-22)13-4-6-15(24-2)7-5-13/h4-7,14H,3,8-12H2,1-2H3,(H,19,20,26)/p+1. The summed E-state index contributed by atoms with van der Waals surface area (Å²) in [4.78, 5) is 17.7. The number of benzene rings is 1. The number of quaternary nitrogens is 1. The molecule has 0 amide bonds. The second-order valence-corrected chi connectivity index (χ2v) is 6.81. The Labute approximate surface area is 157 Å². The summed E-state index contributed by atoms with van der Waals surface area (Å²) in [5.41, 5.74) is 0.965. The van der Waals surface area contributed by atoms with Crippen molar-refractivity contribution in [3.8, 4) is 17.1 Å². The number of likely N-dealkylation sites (tertiary alicyclic amines) is 1. The zero-order chi connectivity index (χ0) is 18.5. The van der Waals surface area contributed by atoms with Gasteiger partial charge in [-0.25, -0.2) is 4.68 Å². The van der Waals surface area contributed by atoms with E-state index in [9.17, 15) is 4.79 Å². The molecular formula is C18H25N4O3S+. The summed E-state index contributed by atoms with van der Waals surface area (Å²) in [5.74, 6) is 1.52. The molecule has 8 heteroatoms. The van der Waals surface area contributed by atoms with Crippen molar-refractivity contribution in [1.82, 2.24) is 14.8 Å². The number of piperidine rings is 1. The SMILES string of the molecule is CCOC(=O)C1CC[NH+](Cn2[nH]c(-c3ccc(OC)cc3)nc2=S)CC1. The van der Waals surface area contributed by atoms with Crippen LogP contribution in [0.2, 0.25) is 0 Å². The van der Waals surface area contributed by atoms with Crippen molar-refractivity contribution in [2.24, 2.45) is 5.92 Å². The van der Waals surface area contributed by atoms with Crippen molar-refractivity contribution >= 4 is 18.2 Å². The van der Waals surface area contributed by atoms with Crippen LogP contribution in [0.3, 0.4) is 0 Å². The fraction of sp³-hybridized carbons (Fsp3) is 0.500. The van der Waals surface area contributed by atoms with Crippen LogP contribution in [0.5, 0.6) is 5.75 Å². The highest BCUT2D eigenvalue weighted by molar-refractivity contribution is 7.71. The van der Waals surface area contributed by atoms with Gasteiger partial charge in [-0.1, -0.05) is 0 Å². The lowest BCUT2D eigenvalue weighted by Gasteiger charge is -2.27. The third kappa shape index (κ3) is 4.31. The van der Waals surface area contributed by atoms with Gasteiger partial charge in [0.1, 0.15) is 5.75 Å². The first kappa shape index (κ1) is 18.6. The van der Waals surface area contributed by atoms with Crippen LogP contribution in [-0.4, -0.2) is 47.5 Å². The van der Waals surface area contributed by atoms with E-state index in [1.54, 1.807) is 7.11 Å². The van der Waals surface area contributed by atoms with Crippen molar-refractivity contribution in [1.29, 1.82) is 0 Å². The van der Waals surface area contributed by atoms with Gasteiger partial charge < -0.3 is 14.4 Å². The third-order valence-corrected chi connectivity index (χ3v) is 5.05. The summed E-state index contributed by atoms with van der Waals surface area (Å²) in [6.45, 7) is 4.85. The quantitative estimate of drug-likeness (QED) is 0.589. The van der Waals surface area contributed by atoms with E-state index in [2.05, 4.69) is 10.1 Å². The summed E-state index contributed by atoms with van der Waals surface area (Å²) < 4.78 is 12.7. The second-order valence-electron chi connectivity index (χ2n) is 6.45. The molecule has 0 aliphatic carbocycles. The molecule has 140 valence electrons. The summed E-state index contributed by atoms with van der Waals surface area (Å²) in [6.07, 6.45) is 1.70. The van der Waals surface area contributed by atoms with Crippen LogP contribution in [0.15, 0.2) is 24.3 Å². The van der Waals surface area contributed by atoms with Gasteiger partial charge in [-0.3, -0.25) is 9.89 Å². The molecule has 0 saturated carbocycles. The lowest BCUT2D eigenvalue weighted by molar-refractivity contribution is -0.929. The van der Waals surface area contributed by atoms with E-state index in [1.807, 2.05) is 35.9 Å². The van der Waals surface area contributed by atoms with E-state index in [4.69, 9.17) is 21.7 Å². The first-order chi connectivity index (χ1) is 12.6. The number of nitrogens with one attached hydrogen (secondary N) is 2. The number of hydrogen-bond donors (Lipinski definition) is 2. The highest BCUT2D eigenvalue weighted by Gasteiger charge is 2.28. The van der Waals surface area contributed by atoms with E-state index in [0.717, 1.165) is 49.7 Å². The predicted molar refractivity (Wildman–Crippen MR) is 99.5 cm³/mol. The molecule has 2 N–H and O–H groups in total. The maximum atomic E-state index is 11.8. The monoisotopic (exact) mass is 377 g/mol. The number of H-pyrrole nitrogens is 1. The van der Waals surface area contributed by atoms with Gasteiger partial charge in [-0.05, 0) is 43.4 Å². The largest absolute Gasteiger partial charge is 0.497 e. The average Bonchev–Trinajstić information content (AvgIpc) is 3.03. The van der Waals surface area contributed by atoms with Crippen molar-refractivity contribution in [3.05, 3.63) is 29.0 Å². The molecule has 0 atom stereocenters. The molecule has 1 aromatic heterocycles. The van der Waals surface area contributed by atoms with E-state index < -0.39 is 0 Å². The lowest BCUT2D eigenvalue weighted by Crippen LogP contribution is -3.12. The summed E-state index contributed by atoms with van der Waals surface area (Å²) in [7, 11) is 1.64. The third-order valence-electron chi connectivity index (χ3n) is 4.74. The maximum Gasteiger partial charge on any atom is 0.309 e. The molecule has 1 aliphatic rings. The van der Waals surface area contributed by atoms with Crippen LogP contribution in [0.1, 0.15) is 19.8 Å². The van der Waals surface area contributed by atoms with Crippen molar-refractivity contribution in [2.45, 2.75) is 26.4 Å². The molecule has 26 heavy (non-hydrogen) atoms. The zero-order valence-corrected chi connectivity index (χ0v) is 16.0. The molecular weight excluding hydrogens is 352 g/mol. The van der Waals surface area contributed by atoms with Gasteiger partial charge in [0.2, 0.25) is 4.77 Å². The summed E-state index contributed by atoms with van der Waals surface area (Å²) in [6, 6.07) is 7.70. The summed E-state index contributed by atoms with van der Waals surface area (Å²) >= 11 is 5.40. The van der Waals surface area contributed by atoms with Crippen LogP contribution in [0.25, 0.3) is 11.4 Å². The number of ether oxygens (including phenoxy) is 2. The highest BCUT2D eigenvalue weighted by Crippen LogP contribution is 2.19. The number of aromatic nitrogens is 3. The fourth-order valence-corrected chi connectivity index (χ4v) is 3.45. The van der Waals surface area contributed by atoms with Crippen LogP contribution >= 0.6 is 12.2 Å². The topological polar surface area (TPSA) is 73.6 Å². The normalized spacial score (nSPS) is 19.9. The van der Waals surface area contributed by atoms with Crippen molar-refractivity contribution < 1.29 is 19.2 Å². The van der Waals surface area contributed by atoms with E-state index in [-0.39, 0.29) is 11.9 Å². The minimum atomic E-state index is -0.0634. The Morgan fingerprint density at radius 3 is 2.65 bits per heavy atom. The number of nitrogens with zero attached hydrogens (tertiary/aromatic N) is 2. The molecule has 1 saturated heterocycles. The second kappa shape index (κ2) is 8.46. The first-order valence-electron chi connectivity index (χ1n) is 8.92. The number of methoxy groups -OCH3 is 1. The van der Waals surface area contributed by atoms with Crippen LogP contribution in [0, 0.1) is 10.7 Å². The molecule has 0 radical (unpaired) electrons. The van der Waals surface area contributed by atoms with Crippen molar-refractivity contribution in [2.75, 3.05) is 26.8 Å². The van der Waals surface area contributed by atoms with Gasteiger partial charge in [0.25, 0.3) is 0 Å². The van der Waals surface area contributed by atoms with Gasteiger partial charge in [0.05, 0.1) is 32.7 Å². The van der Waals surface area contributed by atoms with Gasteiger partial charge in [0.15, 0.2) is 12.5 Å². The molecule has 2 aromatic rings. The zero-order valence-electron chi connectivity index (χ0n) is 15.2. The van der Waals surface area contributed by atoms with E-state index in [0.29, 0.717) is 11.4 Å². The minimum absolute atomic E-state index is 0.0308. The number of rotatable bonds is 6. The van der Waals surface area contributed by atoms with Crippen LogP contribution in [0.4, 0.5) is 0 Å². The number of carbonyl (C=O) groups excluding carboxylic acids is 1. The van der Waals surface area contributed by atoms with Crippen LogP contribution in [-0.2, 0) is 16.2 Å². The Bertz CT molecular complexity index is 792. The van der Waals surface area contributed by atoms with Gasteiger partial charge in [-0.15, -0.1) is 0 Å². The lowest BCUT2D eigenvalue weighted by atomic mass is 9.97. The Kier molecular flexibility index (Phi) is 6.05. The molecule has 0 spiro atoms. The van der Waals surface area contributed by atoms with Gasteiger partial charge >= 0.3 is 5.97 Å². The predicted octanol–water partition coefficient (Wildman–Crippen LogP) is 1.43. The molecule has 1 aromatic carbocycles. The highest BCUT2D eigenvalue weighted by atomic mass is 32.1. The number of esters is 1. The Morgan fingerprint density at radius 2 is 2.04 bits per heavy atom. The number of hydrogen-bond acceptors (Lipinski definition) is 5. The summed E-state index contributed by atoms with van der Waals surface area (Å²) in [5, 5.41) is 3.28. The Balaban J connectivity index is 1.62. The van der Waals surface area contributed by atoms with Crippen LogP contribution < -0.4 is 9.64 Å². The maximum absolute atomic E-state index is 11.8. The molecule has 0 bridgehead atoms. The Hall–Kier alpha value is -2.19. The van der Waals surface area contributed by atoms with E-state index >= 15 is 0 Å². The Morgan fingerprint density at radius 1 is 1.35 bits per heavy atom. The minimum Gasteiger partial charge on any atom is -0.497 e. The molecule has 7 nitrogen and oxygen atoms in total. The smallest absolute Gasteiger partial charge is 0.309 e. The molecule has 2 heterocycles. The number of aromatic amines is 1. The molecule has 1 aliphatic heterocycles. The van der Waals surface area contributed by atoms with Gasteiger partial charge in [0, 0.05) is 18.4 Å². The fourth-order valence-electron chi connectivity index (χ4n) is 3.25. The average molecular weight is 377 g/mol. The number of carbonyl (C=O) groups is 1. The molecule has 3 rings (SSSR count). The van der Waals surface area contributed by atoms with Gasteiger partial charge in [-0.2, -0.15) is 4.98 Å². The molecule has 1 fully saturated rings. The molecule has 0 unspecified atom stereocenters. The van der Waals surface area contributed by atoms with Crippen molar-refractivity contribution in [3.63, 3.8) is 0 Å². The first-order valence-corrected chi connectivity index (χ1v) is 9.33. The van der Waals surface area contributed by atoms with E-state index in [1.165, 1.54) is 4.90 Å².